The van der Waals surface area contributed by atoms with Crippen molar-refractivity contribution in [3.05, 3.63) is 35.9 Å². The molecule has 4 heteroatoms. The monoisotopic (exact) mass is 318 g/mol. The molecule has 2 aliphatic carbocycles. The number of ether oxygens (including phenoxy) is 2. The highest BCUT2D eigenvalue weighted by molar-refractivity contribution is 7.80. The number of carbonyl (C=O) groups is 1. The first kappa shape index (κ1) is 16.7. The Hall–Kier alpha value is -1.68. The van der Waals surface area contributed by atoms with Gasteiger partial charge in [-0.3, -0.25) is 0 Å². The van der Waals surface area contributed by atoms with Gasteiger partial charge in [0.25, 0.3) is 0 Å². The molecule has 0 bridgehead atoms. The van der Waals surface area contributed by atoms with Crippen molar-refractivity contribution < 1.29 is 14.3 Å². The van der Waals surface area contributed by atoms with Gasteiger partial charge in [-0.05, 0) is 49.1 Å². The molecule has 0 atom stereocenters. The average Bonchev–Trinajstić information content (AvgIpc) is 2.66. The van der Waals surface area contributed by atoms with E-state index in [2.05, 4.69) is 19.6 Å². The van der Waals surface area contributed by atoms with Crippen molar-refractivity contribution in [1.82, 2.24) is 0 Å². The minimum Gasteiger partial charge on any atom is -0.434 e. The summed E-state index contributed by atoms with van der Waals surface area (Å²) in [6, 6.07) is 9.76. The van der Waals surface area contributed by atoms with Gasteiger partial charge in [0.05, 0.1) is 6.61 Å². The van der Waals surface area contributed by atoms with E-state index in [-0.39, 0.29) is 0 Å². The summed E-state index contributed by atoms with van der Waals surface area (Å²) in [5.41, 5.74) is 3.19. The smallest absolute Gasteiger partial charge is 0.434 e. The zero-order valence-corrected chi connectivity index (χ0v) is 14.0. The van der Waals surface area contributed by atoms with Crippen LogP contribution in [0.25, 0.3) is 11.1 Å². The van der Waals surface area contributed by atoms with E-state index in [1.54, 1.807) is 6.92 Å². The second-order valence-electron chi connectivity index (χ2n) is 5.20. The molecule has 0 radical (unpaired) electrons. The molecule has 0 N–H and O–H groups in total. The number of unbranched alkanes of at least 4 members (excludes halogenated alkanes) is 2. The number of aryl methyl sites for hydroxylation is 1. The van der Waals surface area contributed by atoms with Crippen molar-refractivity contribution >= 4 is 18.8 Å². The van der Waals surface area contributed by atoms with Gasteiger partial charge >= 0.3 is 6.16 Å². The van der Waals surface area contributed by atoms with E-state index < -0.39 is 6.16 Å². The quantitative estimate of drug-likeness (QED) is 0.443. The lowest BCUT2D eigenvalue weighted by molar-refractivity contribution is 0.104. The molecule has 0 aromatic heterocycles. The van der Waals surface area contributed by atoms with Crippen molar-refractivity contribution in [2.24, 2.45) is 0 Å². The van der Waals surface area contributed by atoms with Crippen molar-refractivity contribution in [3.8, 4) is 16.9 Å². The fraction of sp³-hybridized carbons (Fsp3) is 0.389. The molecule has 0 aliphatic heterocycles. The maximum atomic E-state index is 11.6. The Labute approximate surface area is 137 Å². The van der Waals surface area contributed by atoms with Gasteiger partial charge in [-0.2, -0.15) is 0 Å². The molecule has 0 heterocycles. The number of thiol groups is 1. The molecule has 2 aliphatic rings. The summed E-state index contributed by atoms with van der Waals surface area (Å²) < 4.78 is 10.2. The Balaban J connectivity index is 2.33. The first-order valence-corrected chi connectivity index (χ1v) is 8.19. The van der Waals surface area contributed by atoms with Gasteiger partial charge in [-0.25, -0.2) is 4.79 Å². The first-order chi connectivity index (χ1) is 10.7. The van der Waals surface area contributed by atoms with E-state index in [0.29, 0.717) is 12.4 Å². The predicted octanol–water partition coefficient (Wildman–Crippen LogP) is 5.35. The molecular formula is C18H22O3S. The van der Waals surface area contributed by atoms with Gasteiger partial charge in [0.1, 0.15) is 5.75 Å². The highest BCUT2D eigenvalue weighted by atomic mass is 32.1. The van der Waals surface area contributed by atoms with Crippen LogP contribution in [0.5, 0.6) is 5.75 Å². The highest BCUT2D eigenvalue weighted by Crippen LogP contribution is 2.39. The fourth-order valence-electron chi connectivity index (χ4n) is 2.49. The second kappa shape index (κ2) is 8.08. The van der Waals surface area contributed by atoms with Crippen LogP contribution in [0.2, 0.25) is 0 Å². The molecule has 118 valence electrons. The minimum atomic E-state index is -0.660. The molecule has 0 unspecified atom stereocenters. The number of hydrogen-bond donors (Lipinski definition) is 1. The normalized spacial score (nSPS) is 10.7. The molecular weight excluding hydrogens is 296 g/mol. The van der Waals surface area contributed by atoms with Crippen LogP contribution in [-0.2, 0) is 11.2 Å². The van der Waals surface area contributed by atoms with Gasteiger partial charge in [0.15, 0.2) is 0 Å². The Morgan fingerprint density at radius 3 is 2.68 bits per heavy atom. The molecule has 0 aromatic carbocycles. The fourth-order valence-corrected chi connectivity index (χ4v) is 2.71. The van der Waals surface area contributed by atoms with Gasteiger partial charge in [0, 0.05) is 10.5 Å². The second-order valence-corrected chi connectivity index (χ2v) is 5.71. The van der Waals surface area contributed by atoms with E-state index in [1.165, 1.54) is 18.4 Å². The first-order valence-electron chi connectivity index (χ1n) is 7.75. The van der Waals surface area contributed by atoms with Crippen molar-refractivity contribution in [3.63, 3.8) is 0 Å². The van der Waals surface area contributed by atoms with Crippen LogP contribution in [0.15, 0.2) is 35.2 Å². The summed E-state index contributed by atoms with van der Waals surface area (Å²) in [4.78, 5) is 12.5. The molecule has 0 spiro atoms. The van der Waals surface area contributed by atoms with E-state index in [1.807, 2.05) is 30.3 Å². The van der Waals surface area contributed by atoms with Crippen LogP contribution in [0.4, 0.5) is 4.79 Å². The van der Waals surface area contributed by atoms with Gasteiger partial charge < -0.3 is 9.47 Å². The Morgan fingerprint density at radius 2 is 1.95 bits per heavy atom. The Morgan fingerprint density at radius 1 is 1.14 bits per heavy atom. The van der Waals surface area contributed by atoms with E-state index in [4.69, 9.17) is 9.47 Å². The number of fused-ring (bicyclic) bond motifs is 1. The molecule has 3 nitrogen and oxygen atoms in total. The summed E-state index contributed by atoms with van der Waals surface area (Å²) in [7, 11) is 0. The van der Waals surface area contributed by atoms with Gasteiger partial charge in [-0.15, -0.1) is 12.6 Å². The lowest BCUT2D eigenvalue weighted by atomic mass is 10.0. The number of hydrogen-bond acceptors (Lipinski definition) is 4. The van der Waals surface area contributed by atoms with Gasteiger partial charge in [0.2, 0.25) is 0 Å². The van der Waals surface area contributed by atoms with Crippen LogP contribution in [0, 0.1) is 0 Å². The summed E-state index contributed by atoms with van der Waals surface area (Å²) >= 11 is 4.45. The summed E-state index contributed by atoms with van der Waals surface area (Å²) in [5, 5.41) is 0. The predicted molar refractivity (Wildman–Crippen MR) is 91.2 cm³/mol. The third kappa shape index (κ3) is 4.17. The molecule has 0 saturated carbocycles. The lowest BCUT2D eigenvalue weighted by Gasteiger charge is -2.04. The van der Waals surface area contributed by atoms with E-state index in [9.17, 15) is 4.79 Å². The Kier molecular flexibility index (Phi) is 6.13. The van der Waals surface area contributed by atoms with Crippen LogP contribution < -0.4 is 4.74 Å². The summed E-state index contributed by atoms with van der Waals surface area (Å²) in [6.45, 7) is 4.24. The maximum Gasteiger partial charge on any atom is 0.513 e. The van der Waals surface area contributed by atoms with E-state index >= 15 is 0 Å². The highest BCUT2D eigenvalue weighted by Gasteiger charge is 2.19. The Bertz CT molecular complexity index is 610. The number of rotatable bonds is 6. The van der Waals surface area contributed by atoms with Crippen molar-refractivity contribution in [2.75, 3.05) is 6.61 Å². The third-order valence-corrected chi connectivity index (χ3v) is 3.81. The minimum absolute atomic E-state index is 0.301. The summed E-state index contributed by atoms with van der Waals surface area (Å²) in [5.74, 6) is 0.559. The zero-order chi connectivity index (χ0) is 15.9. The SMILES string of the molecule is CCCCCc1cc(OC(=O)OCC)c2cccc(S)cc1-2. The molecule has 22 heavy (non-hydrogen) atoms. The van der Waals surface area contributed by atoms with Crippen LogP contribution in [0.3, 0.4) is 0 Å². The standard InChI is InChI=1S/C18H22O3S/c1-3-5-6-8-13-11-17(21-18(19)20-4-2)15-10-7-9-14(22)12-16(13)15/h7,9-12,22H,3-6,8H2,1-2H3. The van der Waals surface area contributed by atoms with E-state index in [0.717, 1.165) is 28.9 Å². The zero-order valence-electron chi connectivity index (χ0n) is 13.1. The molecule has 0 fully saturated rings. The van der Waals surface area contributed by atoms with Crippen molar-refractivity contribution in [1.29, 1.82) is 0 Å². The lowest BCUT2D eigenvalue weighted by Crippen LogP contribution is -2.09. The van der Waals surface area contributed by atoms with Crippen LogP contribution >= 0.6 is 12.6 Å². The molecule has 0 aromatic rings. The molecule has 2 rings (SSSR count). The number of carbonyl (C=O) groups excluding carboxylic acids is 1. The van der Waals surface area contributed by atoms with Crippen LogP contribution in [0.1, 0.15) is 38.7 Å². The largest absolute Gasteiger partial charge is 0.513 e. The van der Waals surface area contributed by atoms with Crippen molar-refractivity contribution in [2.45, 2.75) is 44.4 Å². The third-order valence-electron chi connectivity index (χ3n) is 3.53. The van der Waals surface area contributed by atoms with Crippen LogP contribution in [-0.4, -0.2) is 12.8 Å². The van der Waals surface area contributed by atoms with Gasteiger partial charge in [-0.1, -0.05) is 31.9 Å². The summed E-state index contributed by atoms with van der Waals surface area (Å²) in [6.07, 6.45) is 3.79. The average molecular weight is 318 g/mol. The topological polar surface area (TPSA) is 35.5 Å². The maximum absolute atomic E-state index is 11.6. The molecule has 0 amide bonds. The molecule has 0 saturated heterocycles.